The van der Waals surface area contributed by atoms with E-state index in [1.807, 2.05) is 37.3 Å². The predicted molar refractivity (Wildman–Crippen MR) is 92.5 cm³/mol. The van der Waals surface area contributed by atoms with Crippen molar-refractivity contribution in [3.8, 4) is 0 Å². The fourth-order valence-corrected chi connectivity index (χ4v) is 2.26. The van der Waals surface area contributed by atoms with Gasteiger partial charge in [-0.25, -0.2) is 0 Å². The Kier molecular flexibility index (Phi) is 6.36. The molecular weight excluding hydrogens is 288 g/mol. The molecule has 0 aliphatic heterocycles. The van der Waals surface area contributed by atoms with Crippen LogP contribution in [0.3, 0.4) is 0 Å². The van der Waals surface area contributed by atoms with Crippen LogP contribution in [-0.2, 0) is 11.2 Å². The summed E-state index contributed by atoms with van der Waals surface area (Å²) in [5.74, 6) is -0.165. The summed E-state index contributed by atoms with van der Waals surface area (Å²) in [6.07, 6.45) is 2.07. The number of anilines is 1. The second kappa shape index (κ2) is 8.73. The van der Waals surface area contributed by atoms with Crippen LogP contribution in [0.2, 0.25) is 0 Å². The first-order chi connectivity index (χ1) is 11.2. The van der Waals surface area contributed by atoms with Crippen LogP contribution in [0.25, 0.3) is 0 Å². The van der Waals surface area contributed by atoms with E-state index in [-0.39, 0.29) is 11.8 Å². The molecule has 0 radical (unpaired) electrons. The Balaban J connectivity index is 1.88. The zero-order valence-corrected chi connectivity index (χ0v) is 13.3. The van der Waals surface area contributed by atoms with Gasteiger partial charge in [-0.1, -0.05) is 43.3 Å². The molecule has 0 fully saturated rings. The van der Waals surface area contributed by atoms with E-state index >= 15 is 0 Å². The third-order valence-electron chi connectivity index (χ3n) is 3.43. The van der Waals surface area contributed by atoms with Crippen molar-refractivity contribution < 1.29 is 9.59 Å². The predicted octanol–water partition coefficient (Wildman–Crippen LogP) is 3.40. The van der Waals surface area contributed by atoms with Gasteiger partial charge in [0.25, 0.3) is 5.91 Å². The van der Waals surface area contributed by atoms with Gasteiger partial charge in [-0.05, 0) is 36.6 Å². The number of rotatable bonds is 7. The molecule has 0 aliphatic rings. The van der Waals surface area contributed by atoms with E-state index in [9.17, 15) is 9.59 Å². The second-order valence-electron chi connectivity index (χ2n) is 5.37. The third-order valence-corrected chi connectivity index (χ3v) is 3.43. The van der Waals surface area contributed by atoms with Crippen molar-refractivity contribution in [2.45, 2.75) is 26.2 Å². The lowest BCUT2D eigenvalue weighted by atomic mass is 10.1. The summed E-state index contributed by atoms with van der Waals surface area (Å²) in [5, 5.41) is 5.70. The molecule has 0 atom stereocenters. The van der Waals surface area contributed by atoms with E-state index in [1.165, 1.54) is 5.56 Å². The molecule has 0 aliphatic carbocycles. The normalized spacial score (nSPS) is 10.1. The maximum absolute atomic E-state index is 12.2. The van der Waals surface area contributed by atoms with Gasteiger partial charge >= 0.3 is 0 Å². The molecule has 4 nitrogen and oxygen atoms in total. The largest absolute Gasteiger partial charge is 0.352 e. The number of benzene rings is 2. The van der Waals surface area contributed by atoms with E-state index in [2.05, 4.69) is 10.6 Å². The molecule has 2 aromatic carbocycles. The molecule has 0 heterocycles. The highest BCUT2D eigenvalue weighted by atomic mass is 16.2. The van der Waals surface area contributed by atoms with E-state index in [0.717, 1.165) is 12.8 Å². The summed E-state index contributed by atoms with van der Waals surface area (Å²) in [6.45, 7) is 2.53. The first kappa shape index (κ1) is 16.7. The van der Waals surface area contributed by atoms with E-state index in [4.69, 9.17) is 0 Å². The lowest BCUT2D eigenvalue weighted by molar-refractivity contribution is -0.116. The Morgan fingerprint density at radius 2 is 1.78 bits per heavy atom. The molecular formula is C19H22N2O2. The summed E-state index contributed by atoms with van der Waals surface area (Å²) < 4.78 is 0. The molecule has 0 saturated heterocycles. The molecule has 120 valence electrons. The summed E-state index contributed by atoms with van der Waals surface area (Å²) >= 11 is 0. The van der Waals surface area contributed by atoms with Crippen LogP contribution >= 0.6 is 0 Å². The van der Waals surface area contributed by atoms with Gasteiger partial charge in [0.2, 0.25) is 5.91 Å². The Labute approximate surface area is 136 Å². The van der Waals surface area contributed by atoms with Crippen molar-refractivity contribution in [1.29, 1.82) is 0 Å². The summed E-state index contributed by atoms with van der Waals surface area (Å²) in [7, 11) is 0. The first-order valence-corrected chi connectivity index (χ1v) is 7.91. The Morgan fingerprint density at radius 3 is 2.52 bits per heavy atom. The van der Waals surface area contributed by atoms with Gasteiger partial charge in [0.1, 0.15) is 0 Å². The minimum absolute atomic E-state index is 0.0332. The highest BCUT2D eigenvalue weighted by Crippen LogP contribution is 2.11. The van der Waals surface area contributed by atoms with Crippen LogP contribution in [0.4, 0.5) is 5.69 Å². The average Bonchev–Trinajstić information content (AvgIpc) is 2.56. The Hall–Kier alpha value is -2.62. The molecule has 0 aromatic heterocycles. The summed E-state index contributed by atoms with van der Waals surface area (Å²) in [5.41, 5.74) is 2.39. The molecule has 2 amide bonds. The topological polar surface area (TPSA) is 58.2 Å². The number of amides is 2. The van der Waals surface area contributed by atoms with Crippen LogP contribution in [0.5, 0.6) is 0 Å². The van der Waals surface area contributed by atoms with Crippen molar-refractivity contribution in [3.05, 3.63) is 65.7 Å². The molecule has 0 saturated carbocycles. The van der Waals surface area contributed by atoms with Crippen LogP contribution < -0.4 is 10.6 Å². The van der Waals surface area contributed by atoms with Gasteiger partial charge in [-0.15, -0.1) is 0 Å². The third kappa shape index (κ3) is 5.58. The van der Waals surface area contributed by atoms with E-state index in [0.29, 0.717) is 24.2 Å². The zero-order chi connectivity index (χ0) is 16.5. The lowest BCUT2D eigenvalue weighted by Crippen LogP contribution is -2.25. The maximum atomic E-state index is 12.2. The van der Waals surface area contributed by atoms with Crippen molar-refractivity contribution in [3.63, 3.8) is 0 Å². The molecule has 4 heteroatoms. The number of carbonyl (C=O) groups is 2. The molecule has 2 aromatic rings. The summed E-state index contributed by atoms with van der Waals surface area (Å²) in [4.78, 5) is 23.8. The monoisotopic (exact) mass is 310 g/mol. The van der Waals surface area contributed by atoms with Crippen LogP contribution in [0, 0.1) is 0 Å². The van der Waals surface area contributed by atoms with Crippen LogP contribution in [0.1, 0.15) is 35.7 Å². The Morgan fingerprint density at radius 1 is 1.00 bits per heavy atom. The minimum Gasteiger partial charge on any atom is -0.352 e. The maximum Gasteiger partial charge on any atom is 0.251 e. The molecule has 23 heavy (non-hydrogen) atoms. The number of carbonyl (C=O) groups excluding carboxylic acids is 2. The van der Waals surface area contributed by atoms with Crippen LogP contribution in [-0.4, -0.2) is 18.4 Å². The first-order valence-electron chi connectivity index (χ1n) is 7.91. The van der Waals surface area contributed by atoms with E-state index < -0.39 is 0 Å². The van der Waals surface area contributed by atoms with Crippen LogP contribution in [0.15, 0.2) is 54.6 Å². The molecule has 2 rings (SSSR count). The SMILES string of the molecule is CCCC(=O)Nc1cccc(C(=O)NCCc2ccccc2)c1. The number of nitrogens with one attached hydrogen (secondary N) is 2. The number of hydrogen-bond donors (Lipinski definition) is 2. The average molecular weight is 310 g/mol. The summed E-state index contributed by atoms with van der Waals surface area (Å²) in [6, 6.07) is 17.0. The zero-order valence-electron chi connectivity index (χ0n) is 13.3. The van der Waals surface area contributed by atoms with E-state index in [1.54, 1.807) is 24.3 Å². The minimum atomic E-state index is -0.132. The van der Waals surface area contributed by atoms with Crippen molar-refractivity contribution >= 4 is 17.5 Å². The van der Waals surface area contributed by atoms with Gasteiger partial charge in [-0.3, -0.25) is 9.59 Å². The van der Waals surface area contributed by atoms with Crippen molar-refractivity contribution in [1.82, 2.24) is 5.32 Å². The number of hydrogen-bond acceptors (Lipinski definition) is 2. The molecule has 2 N–H and O–H groups in total. The molecule has 0 unspecified atom stereocenters. The molecule has 0 bridgehead atoms. The Bertz CT molecular complexity index is 653. The van der Waals surface area contributed by atoms with Crippen molar-refractivity contribution in [2.24, 2.45) is 0 Å². The van der Waals surface area contributed by atoms with Gasteiger partial charge in [0, 0.05) is 24.2 Å². The quantitative estimate of drug-likeness (QED) is 0.823. The standard InChI is InChI=1S/C19H22N2O2/c1-2-7-18(22)21-17-11-6-10-16(14-17)19(23)20-13-12-15-8-4-3-5-9-15/h3-6,8-11,14H,2,7,12-13H2,1H3,(H,20,23)(H,21,22). The van der Waals surface area contributed by atoms with Crippen molar-refractivity contribution in [2.75, 3.05) is 11.9 Å². The molecule has 0 spiro atoms. The second-order valence-corrected chi connectivity index (χ2v) is 5.37. The van der Waals surface area contributed by atoms with Gasteiger partial charge in [0.05, 0.1) is 0 Å². The highest BCUT2D eigenvalue weighted by Gasteiger charge is 2.07. The lowest BCUT2D eigenvalue weighted by Gasteiger charge is -2.08. The van der Waals surface area contributed by atoms with Gasteiger partial charge < -0.3 is 10.6 Å². The smallest absolute Gasteiger partial charge is 0.251 e. The van der Waals surface area contributed by atoms with Gasteiger partial charge in [-0.2, -0.15) is 0 Å². The fourth-order valence-electron chi connectivity index (χ4n) is 2.26. The van der Waals surface area contributed by atoms with Gasteiger partial charge in [0.15, 0.2) is 0 Å². The highest BCUT2D eigenvalue weighted by molar-refractivity contribution is 5.97. The fraction of sp³-hybridized carbons (Fsp3) is 0.263.